The van der Waals surface area contributed by atoms with Crippen LogP contribution in [0.15, 0.2) is 67.0 Å². The first-order chi connectivity index (χ1) is 16.9. The highest BCUT2D eigenvalue weighted by molar-refractivity contribution is 6.31. The maximum atomic E-state index is 14.3. The van der Waals surface area contributed by atoms with Crippen LogP contribution in [-0.2, 0) is 10.3 Å². The van der Waals surface area contributed by atoms with Crippen LogP contribution in [0.5, 0.6) is 0 Å². The molecule has 3 aromatic rings. The molecule has 9 heteroatoms. The number of amides is 1. The van der Waals surface area contributed by atoms with Gasteiger partial charge in [-0.15, -0.1) is 0 Å². The quantitative estimate of drug-likeness (QED) is 0.328. The van der Waals surface area contributed by atoms with Crippen LogP contribution in [0.3, 0.4) is 0 Å². The van der Waals surface area contributed by atoms with Crippen LogP contribution in [-0.4, -0.2) is 39.1 Å². The van der Waals surface area contributed by atoms with Gasteiger partial charge in [0.15, 0.2) is 5.78 Å². The molecule has 8 nitrogen and oxygen atoms in total. The number of nitrogens with one attached hydrogen (secondary N) is 1. The van der Waals surface area contributed by atoms with Crippen LogP contribution in [0.4, 0.5) is 11.4 Å². The van der Waals surface area contributed by atoms with Gasteiger partial charge in [-0.1, -0.05) is 23.7 Å². The standard InChI is InChI=1S/C26H21ClN4O4/c27-17-8-9-20-19(13-17)26(25(33)29-20)23(24(32)16-5-2-10-28-14-16)22(21-7-3-11-30(21)26)15-4-1-6-18(12-15)31(34)35/h1-2,4-6,8-10,12-14,21-23H,3,7,11H2,(H,29,33)/t21-,22+,23-,26+/m0/s1. The van der Waals surface area contributed by atoms with Crippen molar-refractivity contribution in [3.63, 3.8) is 0 Å². The van der Waals surface area contributed by atoms with Crippen molar-refractivity contribution in [3.05, 3.63) is 98.8 Å². The summed E-state index contributed by atoms with van der Waals surface area (Å²) in [7, 11) is 0. The Morgan fingerprint density at radius 2 is 2.06 bits per heavy atom. The lowest BCUT2D eigenvalue weighted by Crippen LogP contribution is -2.52. The third-order valence-electron chi connectivity index (χ3n) is 7.66. The summed E-state index contributed by atoms with van der Waals surface area (Å²) >= 11 is 6.40. The fourth-order valence-corrected chi connectivity index (χ4v) is 6.61. The van der Waals surface area contributed by atoms with E-state index in [1.165, 1.54) is 18.3 Å². The van der Waals surface area contributed by atoms with E-state index in [4.69, 9.17) is 11.6 Å². The number of rotatable bonds is 4. The fraction of sp³-hybridized carbons (Fsp3) is 0.269. The van der Waals surface area contributed by atoms with E-state index >= 15 is 0 Å². The number of nitrogens with zero attached hydrogens (tertiary/aromatic N) is 3. The lowest BCUT2D eigenvalue weighted by molar-refractivity contribution is -0.384. The molecule has 2 saturated heterocycles. The first kappa shape index (κ1) is 21.9. The molecule has 6 rings (SSSR count). The molecule has 2 fully saturated rings. The fourth-order valence-electron chi connectivity index (χ4n) is 6.44. The highest BCUT2D eigenvalue weighted by atomic mass is 35.5. The Morgan fingerprint density at radius 3 is 2.83 bits per heavy atom. The Morgan fingerprint density at radius 1 is 1.20 bits per heavy atom. The van der Waals surface area contributed by atoms with Gasteiger partial charge in [0, 0.05) is 58.3 Å². The number of ketones is 1. The van der Waals surface area contributed by atoms with Crippen LogP contribution < -0.4 is 5.32 Å². The minimum atomic E-state index is -1.27. The SMILES string of the molecule is O=C(c1cccnc1)[C@@H]1[C@H](c2cccc([N+](=O)[O-])c2)[C@@H]2CCCN2[C@@]12C(=O)Nc1ccc(Cl)cc12. The lowest BCUT2D eigenvalue weighted by Gasteiger charge is -2.36. The van der Waals surface area contributed by atoms with E-state index in [-0.39, 0.29) is 23.4 Å². The third-order valence-corrected chi connectivity index (χ3v) is 7.89. The Hall–Kier alpha value is -3.62. The molecule has 35 heavy (non-hydrogen) atoms. The van der Waals surface area contributed by atoms with Crippen molar-refractivity contribution in [1.29, 1.82) is 0 Å². The number of Topliss-reactive ketones (excluding diaryl/α,β-unsaturated/α-hetero) is 1. The predicted octanol–water partition coefficient (Wildman–Crippen LogP) is 4.55. The van der Waals surface area contributed by atoms with E-state index in [0.29, 0.717) is 33.9 Å². The zero-order valence-corrected chi connectivity index (χ0v) is 19.3. The molecule has 3 aliphatic heterocycles. The zero-order chi connectivity index (χ0) is 24.3. The monoisotopic (exact) mass is 488 g/mol. The summed E-state index contributed by atoms with van der Waals surface area (Å²) in [6.07, 6.45) is 4.73. The van der Waals surface area contributed by atoms with Gasteiger partial charge in [0.1, 0.15) is 5.54 Å². The summed E-state index contributed by atoms with van der Waals surface area (Å²) in [5.74, 6) is -1.73. The summed E-state index contributed by atoms with van der Waals surface area (Å²) in [6.45, 7) is 0.631. The minimum absolute atomic E-state index is 0.0418. The topological polar surface area (TPSA) is 105 Å². The molecule has 1 amide bonds. The number of halogens is 1. The van der Waals surface area contributed by atoms with Crippen LogP contribution in [0, 0.1) is 16.0 Å². The number of hydrogen-bond acceptors (Lipinski definition) is 6. The summed E-state index contributed by atoms with van der Waals surface area (Å²) in [6, 6.07) is 14.9. The van der Waals surface area contributed by atoms with E-state index in [1.54, 1.807) is 42.6 Å². The summed E-state index contributed by atoms with van der Waals surface area (Å²) < 4.78 is 0. The first-order valence-corrected chi connectivity index (χ1v) is 11.9. The van der Waals surface area contributed by atoms with Crippen molar-refractivity contribution in [2.45, 2.75) is 30.3 Å². The van der Waals surface area contributed by atoms with Crippen LogP contribution in [0.25, 0.3) is 0 Å². The number of benzene rings is 2. The number of nitro benzene ring substituents is 1. The number of carbonyl (C=O) groups excluding carboxylic acids is 2. The predicted molar refractivity (Wildman–Crippen MR) is 129 cm³/mol. The molecular formula is C26H21ClN4O4. The molecule has 1 spiro atoms. The van der Waals surface area contributed by atoms with Crippen LogP contribution >= 0.6 is 11.6 Å². The van der Waals surface area contributed by atoms with Crippen molar-refractivity contribution in [3.8, 4) is 0 Å². The molecular weight excluding hydrogens is 468 g/mol. The molecule has 4 heterocycles. The van der Waals surface area contributed by atoms with Gasteiger partial charge < -0.3 is 5.32 Å². The van der Waals surface area contributed by atoms with Crippen molar-refractivity contribution < 1.29 is 14.5 Å². The first-order valence-electron chi connectivity index (χ1n) is 11.5. The Bertz CT molecular complexity index is 1380. The summed E-state index contributed by atoms with van der Waals surface area (Å²) in [5.41, 5.74) is 1.07. The van der Waals surface area contributed by atoms with Gasteiger partial charge in [-0.25, -0.2) is 0 Å². The molecule has 0 bridgehead atoms. The largest absolute Gasteiger partial charge is 0.324 e. The van der Waals surface area contributed by atoms with Gasteiger partial charge in [0.05, 0.1) is 10.8 Å². The molecule has 4 atom stereocenters. The Balaban J connectivity index is 1.63. The van der Waals surface area contributed by atoms with Crippen molar-refractivity contribution in [1.82, 2.24) is 9.88 Å². The number of anilines is 1. The number of non-ortho nitro benzene ring substituents is 1. The molecule has 1 N–H and O–H groups in total. The molecule has 0 unspecified atom stereocenters. The normalized spacial score (nSPS) is 27.0. The van der Waals surface area contributed by atoms with E-state index in [2.05, 4.69) is 15.2 Å². The van der Waals surface area contributed by atoms with Gasteiger partial charge in [-0.3, -0.25) is 29.6 Å². The number of hydrogen-bond donors (Lipinski definition) is 1. The Labute approximate surface area is 206 Å². The van der Waals surface area contributed by atoms with E-state index < -0.39 is 22.3 Å². The molecule has 0 radical (unpaired) electrons. The minimum Gasteiger partial charge on any atom is -0.324 e. The number of aromatic nitrogens is 1. The van der Waals surface area contributed by atoms with Crippen LogP contribution in [0.1, 0.15) is 40.2 Å². The number of pyridine rings is 1. The summed E-state index contributed by atoms with van der Waals surface area (Å²) in [4.78, 5) is 45.6. The van der Waals surface area contributed by atoms with Gasteiger partial charge in [-0.05, 0) is 55.3 Å². The smallest absolute Gasteiger partial charge is 0.269 e. The van der Waals surface area contributed by atoms with Gasteiger partial charge in [-0.2, -0.15) is 0 Å². The second-order valence-electron chi connectivity index (χ2n) is 9.27. The molecule has 176 valence electrons. The zero-order valence-electron chi connectivity index (χ0n) is 18.6. The number of fused-ring (bicyclic) bond motifs is 4. The van der Waals surface area contributed by atoms with Gasteiger partial charge >= 0.3 is 0 Å². The number of nitro groups is 1. The molecule has 3 aliphatic rings. The second kappa shape index (κ2) is 7.96. The third kappa shape index (κ3) is 3.06. The molecule has 2 aromatic carbocycles. The molecule has 0 saturated carbocycles. The van der Waals surface area contributed by atoms with Crippen LogP contribution in [0.2, 0.25) is 5.02 Å². The van der Waals surface area contributed by atoms with Crippen molar-refractivity contribution in [2.24, 2.45) is 5.92 Å². The number of carbonyl (C=O) groups is 2. The highest BCUT2D eigenvalue weighted by Crippen LogP contribution is 2.61. The maximum absolute atomic E-state index is 14.3. The second-order valence-corrected chi connectivity index (χ2v) is 9.71. The van der Waals surface area contributed by atoms with Gasteiger partial charge in [0.25, 0.3) is 5.69 Å². The van der Waals surface area contributed by atoms with E-state index in [1.807, 2.05) is 6.07 Å². The van der Waals surface area contributed by atoms with Gasteiger partial charge in [0.2, 0.25) is 5.91 Å². The van der Waals surface area contributed by atoms with Crippen molar-refractivity contribution in [2.75, 3.05) is 11.9 Å². The molecule has 0 aliphatic carbocycles. The van der Waals surface area contributed by atoms with Crippen molar-refractivity contribution >= 4 is 34.7 Å². The van der Waals surface area contributed by atoms with E-state index in [0.717, 1.165) is 12.8 Å². The average Bonchev–Trinajstić information content (AvgIpc) is 3.52. The lowest BCUT2D eigenvalue weighted by atomic mass is 9.69. The Kier molecular flexibility index (Phi) is 4.98. The average molecular weight is 489 g/mol. The maximum Gasteiger partial charge on any atom is 0.269 e. The van der Waals surface area contributed by atoms with E-state index in [9.17, 15) is 19.7 Å². The highest BCUT2D eigenvalue weighted by Gasteiger charge is 2.69. The molecule has 1 aromatic heterocycles. The summed E-state index contributed by atoms with van der Waals surface area (Å²) in [5, 5.41) is 15.0.